The molecule has 0 heterocycles. The van der Waals surface area contributed by atoms with Gasteiger partial charge in [0.1, 0.15) is 12.6 Å². The number of hydrogen-bond acceptors (Lipinski definition) is 4. The first-order valence-corrected chi connectivity index (χ1v) is 14.4. The maximum atomic E-state index is 13.9. The summed E-state index contributed by atoms with van der Waals surface area (Å²) in [7, 11) is -4.09. The van der Waals surface area contributed by atoms with Crippen molar-refractivity contribution in [2.24, 2.45) is 0 Å². The highest BCUT2D eigenvalue weighted by Gasteiger charge is 2.33. The van der Waals surface area contributed by atoms with Gasteiger partial charge in [0.15, 0.2) is 0 Å². The van der Waals surface area contributed by atoms with Gasteiger partial charge in [0.25, 0.3) is 10.0 Å². The molecule has 0 aliphatic heterocycles. The van der Waals surface area contributed by atoms with E-state index in [1.807, 2.05) is 6.92 Å². The van der Waals surface area contributed by atoms with Gasteiger partial charge in [-0.25, -0.2) is 8.42 Å². The normalized spacial score (nSPS) is 12.0. The monoisotopic (exact) mass is 555 g/mol. The van der Waals surface area contributed by atoms with E-state index in [9.17, 15) is 18.0 Å². The molecule has 0 spiro atoms. The summed E-state index contributed by atoms with van der Waals surface area (Å²) < 4.78 is 28.7. The van der Waals surface area contributed by atoms with Gasteiger partial charge < -0.3 is 10.2 Å². The van der Waals surface area contributed by atoms with Crippen LogP contribution in [0.3, 0.4) is 0 Å². The molecular weight excluding hydrogens is 522 g/mol. The van der Waals surface area contributed by atoms with Crippen molar-refractivity contribution in [1.29, 1.82) is 0 Å². The smallest absolute Gasteiger partial charge is 0.264 e. The molecule has 0 radical (unpaired) electrons. The van der Waals surface area contributed by atoms with Crippen molar-refractivity contribution < 1.29 is 18.0 Å². The summed E-state index contributed by atoms with van der Waals surface area (Å²) in [6, 6.07) is 21.2. The molecule has 0 aromatic heterocycles. The Labute approximate surface area is 230 Å². The van der Waals surface area contributed by atoms with E-state index < -0.39 is 28.5 Å². The first-order chi connectivity index (χ1) is 18.2. The lowest BCUT2D eigenvalue weighted by molar-refractivity contribution is -0.139. The predicted molar refractivity (Wildman–Crippen MR) is 152 cm³/mol. The molecule has 0 bridgehead atoms. The van der Waals surface area contributed by atoms with Crippen molar-refractivity contribution in [3.8, 4) is 0 Å². The van der Waals surface area contributed by atoms with Crippen LogP contribution in [0.5, 0.6) is 0 Å². The molecule has 7 nitrogen and oxygen atoms in total. The fraction of sp³-hybridized carbons (Fsp3) is 0.310. The number of hydrogen-bond donors (Lipinski definition) is 1. The van der Waals surface area contributed by atoms with Gasteiger partial charge in [0.05, 0.1) is 10.6 Å². The Kier molecular flexibility index (Phi) is 10.3. The van der Waals surface area contributed by atoms with Crippen LogP contribution in [-0.4, -0.2) is 44.3 Å². The van der Waals surface area contributed by atoms with Crippen molar-refractivity contribution in [3.63, 3.8) is 0 Å². The number of sulfonamides is 1. The number of benzene rings is 3. The summed E-state index contributed by atoms with van der Waals surface area (Å²) >= 11 is 6.39. The average molecular weight is 556 g/mol. The number of carbonyl (C=O) groups is 2. The predicted octanol–water partition coefficient (Wildman–Crippen LogP) is 5.18. The highest BCUT2D eigenvalue weighted by Crippen LogP contribution is 2.27. The molecule has 0 aliphatic rings. The Bertz CT molecular complexity index is 1350. The van der Waals surface area contributed by atoms with Crippen LogP contribution in [0.4, 0.5) is 5.69 Å². The van der Waals surface area contributed by atoms with Gasteiger partial charge in [-0.2, -0.15) is 0 Å². The molecule has 202 valence electrons. The molecule has 2 amide bonds. The zero-order valence-electron chi connectivity index (χ0n) is 21.9. The van der Waals surface area contributed by atoms with Crippen LogP contribution < -0.4 is 9.62 Å². The molecule has 9 heteroatoms. The topological polar surface area (TPSA) is 86.8 Å². The molecule has 0 saturated carbocycles. The Morgan fingerprint density at radius 1 is 0.947 bits per heavy atom. The Balaban J connectivity index is 2.01. The molecule has 0 aliphatic carbocycles. The summed E-state index contributed by atoms with van der Waals surface area (Å²) in [5, 5.41) is 3.33. The van der Waals surface area contributed by atoms with Gasteiger partial charge in [-0.15, -0.1) is 0 Å². The number of nitrogens with zero attached hydrogens (tertiary/aromatic N) is 2. The molecule has 3 rings (SSSR count). The second-order valence-electron chi connectivity index (χ2n) is 9.04. The standard InChI is InChI=1S/C29H34ClN3O4S/c1-4-5-19-31-29(35)23(3)32(20-24-14-10-11-17-26(24)30)28(34)21-33(27-18-12-9-13-22(27)2)38(36,37)25-15-7-6-8-16-25/h6-18,23H,4-5,19-21H2,1-3H3,(H,31,35)/t23-/m0/s1. The second-order valence-corrected chi connectivity index (χ2v) is 11.3. The number of anilines is 1. The summed E-state index contributed by atoms with van der Waals surface area (Å²) in [5.41, 5.74) is 1.74. The third kappa shape index (κ3) is 7.14. The van der Waals surface area contributed by atoms with E-state index in [1.54, 1.807) is 80.6 Å². The van der Waals surface area contributed by atoms with Gasteiger partial charge in [-0.1, -0.05) is 79.5 Å². The number of nitrogens with one attached hydrogen (secondary N) is 1. The van der Waals surface area contributed by atoms with Crippen molar-refractivity contribution in [1.82, 2.24) is 10.2 Å². The van der Waals surface area contributed by atoms with Crippen LogP contribution in [0.25, 0.3) is 0 Å². The van der Waals surface area contributed by atoms with E-state index in [2.05, 4.69) is 5.32 Å². The van der Waals surface area contributed by atoms with E-state index in [0.717, 1.165) is 17.1 Å². The van der Waals surface area contributed by atoms with Crippen LogP contribution in [0.1, 0.15) is 37.8 Å². The minimum absolute atomic E-state index is 0.0495. The largest absolute Gasteiger partial charge is 0.354 e. The summed E-state index contributed by atoms with van der Waals surface area (Å²) in [5.74, 6) is -0.835. The van der Waals surface area contributed by atoms with Crippen LogP contribution in [0, 0.1) is 6.92 Å². The molecule has 3 aromatic rings. The van der Waals surface area contributed by atoms with Gasteiger partial charge in [-0.3, -0.25) is 13.9 Å². The average Bonchev–Trinajstić information content (AvgIpc) is 2.91. The number of carbonyl (C=O) groups excluding carboxylic acids is 2. The molecule has 0 unspecified atom stereocenters. The van der Waals surface area contributed by atoms with E-state index in [1.165, 1.54) is 17.0 Å². The number of amides is 2. The fourth-order valence-corrected chi connectivity index (χ4v) is 5.70. The second kappa shape index (κ2) is 13.4. The number of unbranched alkanes of at least 4 members (excludes halogenated alkanes) is 1. The van der Waals surface area contributed by atoms with Gasteiger partial charge in [-0.05, 0) is 55.7 Å². The molecule has 1 atom stereocenters. The third-order valence-corrected chi connectivity index (χ3v) is 8.43. The summed E-state index contributed by atoms with van der Waals surface area (Å²) in [6.45, 7) is 5.51. The van der Waals surface area contributed by atoms with Crippen molar-refractivity contribution in [2.45, 2.75) is 51.1 Å². The third-order valence-electron chi connectivity index (χ3n) is 6.29. The lowest BCUT2D eigenvalue weighted by atomic mass is 10.1. The molecule has 38 heavy (non-hydrogen) atoms. The first-order valence-electron chi connectivity index (χ1n) is 12.6. The number of aryl methyl sites for hydroxylation is 1. The number of halogens is 1. The van der Waals surface area contributed by atoms with E-state index in [4.69, 9.17) is 11.6 Å². The van der Waals surface area contributed by atoms with E-state index >= 15 is 0 Å². The fourth-order valence-electron chi connectivity index (χ4n) is 4.01. The Morgan fingerprint density at radius 3 is 2.24 bits per heavy atom. The number of para-hydroxylation sites is 1. The zero-order chi connectivity index (χ0) is 27.7. The van der Waals surface area contributed by atoms with E-state index in [-0.39, 0.29) is 17.3 Å². The Hall–Kier alpha value is -3.36. The first kappa shape index (κ1) is 29.2. The summed E-state index contributed by atoms with van der Waals surface area (Å²) in [4.78, 5) is 28.4. The van der Waals surface area contributed by atoms with Gasteiger partial charge in [0, 0.05) is 18.1 Å². The van der Waals surface area contributed by atoms with Crippen molar-refractivity contribution in [2.75, 3.05) is 17.4 Å². The quantitative estimate of drug-likeness (QED) is 0.312. The summed E-state index contributed by atoms with van der Waals surface area (Å²) in [6.07, 6.45) is 1.73. The van der Waals surface area contributed by atoms with Gasteiger partial charge in [0.2, 0.25) is 11.8 Å². The number of rotatable bonds is 12. The highest BCUT2D eigenvalue weighted by atomic mass is 35.5. The van der Waals surface area contributed by atoms with Crippen LogP contribution in [0.2, 0.25) is 5.02 Å². The van der Waals surface area contributed by atoms with E-state index in [0.29, 0.717) is 28.4 Å². The minimum atomic E-state index is -4.09. The van der Waals surface area contributed by atoms with Crippen LogP contribution >= 0.6 is 11.6 Å². The maximum Gasteiger partial charge on any atom is 0.264 e. The Morgan fingerprint density at radius 2 is 1.58 bits per heavy atom. The highest BCUT2D eigenvalue weighted by molar-refractivity contribution is 7.92. The molecule has 0 fully saturated rings. The van der Waals surface area contributed by atoms with Crippen molar-refractivity contribution >= 4 is 39.1 Å². The molecule has 3 aromatic carbocycles. The lowest BCUT2D eigenvalue weighted by Gasteiger charge is -2.32. The van der Waals surface area contributed by atoms with Gasteiger partial charge >= 0.3 is 0 Å². The van der Waals surface area contributed by atoms with Crippen LogP contribution in [0.15, 0.2) is 83.8 Å². The zero-order valence-corrected chi connectivity index (χ0v) is 23.5. The molecule has 1 N–H and O–H groups in total. The maximum absolute atomic E-state index is 13.9. The molecular formula is C29H34ClN3O4S. The minimum Gasteiger partial charge on any atom is -0.354 e. The van der Waals surface area contributed by atoms with Crippen LogP contribution in [-0.2, 0) is 26.2 Å². The SMILES string of the molecule is CCCCNC(=O)[C@H](C)N(Cc1ccccc1Cl)C(=O)CN(c1ccccc1C)S(=O)(=O)c1ccccc1. The molecule has 0 saturated heterocycles. The van der Waals surface area contributed by atoms with Crippen molar-refractivity contribution in [3.05, 3.63) is 95.0 Å². The lowest BCUT2D eigenvalue weighted by Crippen LogP contribution is -2.51.